The predicted octanol–water partition coefficient (Wildman–Crippen LogP) is 1.72. The third-order valence-electron chi connectivity index (χ3n) is 6.27. The van der Waals surface area contributed by atoms with Gasteiger partial charge < -0.3 is 27.8 Å². The van der Waals surface area contributed by atoms with E-state index in [1.54, 1.807) is 63.2 Å². The first-order chi connectivity index (χ1) is 22.6. The van der Waals surface area contributed by atoms with Crippen LogP contribution in [0, 0.1) is 26.3 Å². The number of hydrogen-bond acceptors (Lipinski definition) is 10. The second kappa shape index (κ2) is 15.7. The Kier molecular flexibility index (Phi) is 11.5. The maximum absolute atomic E-state index is 13.4. The summed E-state index contributed by atoms with van der Waals surface area (Å²) in [6.45, 7) is 4.94. The van der Waals surface area contributed by atoms with E-state index in [0.29, 0.717) is 39.5 Å². The predicted molar refractivity (Wildman–Crippen MR) is 184 cm³/mol. The summed E-state index contributed by atoms with van der Waals surface area (Å²) >= 11 is 0. The molecule has 3 aromatic rings. The van der Waals surface area contributed by atoms with E-state index < -0.39 is 34.3 Å². The number of nitrogens with two attached hydrogens (primary N) is 3. The number of anilines is 2. The minimum atomic E-state index is -0.762. The largest absolute Gasteiger partial charge is 0.369 e. The van der Waals surface area contributed by atoms with Crippen molar-refractivity contribution < 1.29 is 14.5 Å². The molecule has 0 aliphatic heterocycles. The van der Waals surface area contributed by atoms with Crippen LogP contribution in [0.25, 0.3) is 0 Å². The fourth-order valence-corrected chi connectivity index (χ4v) is 3.92. The van der Waals surface area contributed by atoms with Gasteiger partial charge in [0.2, 0.25) is 17.9 Å². The fourth-order valence-electron chi connectivity index (χ4n) is 3.92. The van der Waals surface area contributed by atoms with E-state index in [2.05, 4.69) is 42.2 Å². The molecule has 0 saturated heterocycles. The maximum atomic E-state index is 13.4. The van der Waals surface area contributed by atoms with Crippen LogP contribution in [0.5, 0.6) is 0 Å². The van der Waals surface area contributed by atoms with Gasteiger partial charge in [0.05, 0.1) is 22.1 Å². The normalized spacial score (nSPS) is 11.6. The molecule has 0 heterocycles. The van der Waals surface area contributed by atoms with Gasteiger partial charge in [-0.05, 0) is 62.7 Å². The van der Waals surface area contributed by atoms with Gasteiger partial charge in [-0.15, -0.1) is 0 Å². The molecule has 0 saturated carbocycles. The molecule has 19 nitrogen and oxygen atoms in total. The highest BCUT2D eigenvalue weighted by Crippen LogP contribution is 2.22. The zero-order chi connectivity index (χ0) is 35.5. The SMILES string of the molecule is C/C(=N\NC(=N)N)c1ccc(NC(=O)c2cc(C(=O)Nc3cc(/C(C)=N/NC(=N)N)cc(/C(C)=N/NC(=N)N)c3)cc([N+](=O)[O-])c2)cc1. The lowest BCUT2D eigenvalue weighted by molar-refractivity contribution is -0.384. The number of non-ortho nitro benzene ring substituents is 1. The van der Waals surface area contributed by atoms with Crippen molar-refractivity contribution in [2.45, 2.75) is 20.8 Å². The Labute approximate surface area is 273 Å². The number of nitro benzene ring substituents is 1. The number of carbonyl (C=O) groups is 2. The molecule has 0 aliphatic carbocycles. The van der Waals surface area contributed by atoms with Crippen LogP contribution in [-0.4, -0.2) is 51.8 Å². The molecule has 14 N–H and O–H groups in total. The van der Waals surface area contributed by atoms with Gasteiger partial charge in [-0.1, -0.05) is 12.1 Å². The van der Waals surface area contributed by atoms with Crippen LogP contribution < -0.4 is 44.1 Å². The second-order valence-corrected chi connectivity index (χ2v) is 9.98. The second-order valence-electron chi connectivity index (χ2n) is 9.98. The van der Waals surface area contributed by atoms with Crippen LogP contribution >= 0.6 is 0 Å². The van der Waals surface area contributed by atoms with Crippen molar-refractivity contribution in [3.63, 3.8) is 0 Å². The van der Waals surface area contributed by atoms with Gasteiger partial charge in [-0.2, -0.15) is 15.3 Å². The number of nitro groups is 1. The number of carbonyl (C=O) groups excluding carboxylic acids is 2. The van der Waals surface area contributed by atoms with E-state index in [9.17, 15) is 19.7 Å². The van der Waals surface area contributed by atoms with E-state index >= 15 is 0 Å². The molecule has 3 rings (SSSR count). The molecule has 2 amide bonds. The molecule has 48 heavy (non-hydrogen) atoms. The van der Waals surface area contributed by atoms with Crippen LogP contribution in [0.15, 0.2) is 76.0 Å². The molecule has 0 bridgehead atoms. The summed E-state index contributed by atoms with van der Waals surface area (Å²) < 4.78 is 0. The monoisotopic (exact) mass is 655 g/mol. The molecule has 0 aliphatic rings. The van der Waals surface area contributed by atoms with Crippen molar-refractivity contribution in [1.82, 2.24) is 16.3 Å². The van der Waals surface area contributed by atoms with Crippen LogP contribution in [0.4, 0.5) is 17.1 Å². The van der Waals surface area contributed by atoms with Crippen LogP contribution in [-0.2, 0) is 0 Å². The Bertz CT molecular complexity index is 1830. The molecule has 0 atom stereocenters. The van der Waals surface area contributed by atoms with Crippen molar-refractivity contribution in [3.05, 3.63) is 98.6 Å². The Hall–Kier alpha value is -7.18. The van der Waals surface area contributed by atoms with Gasteiger partial charge in [0.1, 0.15) is 0 Å². The quantitative estimate of drug-likeness (QED) is 0.0614. The average Bonchev–Trinajstić information content (AvgIpc) is 3.04. The summed E-state index contributed by atoms with van der Waals surface area (Å²) in [5, 5.41) is 51.0. The standard InChI is InChI=1S/C29H33N15O4/c1-14(38-41-27(30)31)17-4-6-22(7-5-17)36-25(45)20-9-21(13-24(12-20)44(47)48)26(46)37-23-10-18(15(2)39-42-28(32)33)8-19(11-23)16(3)40-43-29(34)35/h4-13H,1-3H3,(H,36,45)(H,37,46)(H4,30,31,41)(H4,32,33,42)(H4,34,35,43)/b38-14+,39-15+,40-16+. The first kappa shape index (κ1) is 35.3. The molecule has 3 aromatic carbocycles. The van der Waals surface area contributed by atoms with E-state index in [1.807, 2.05) is 0 Å². The van der Waals surface area contributed by atoms with Crippen molar-refractivity contribution in [2.24, 2.45) is 32.5 Å². The summed E-state index contributed by atoms with van der Waals surface area (Å²) in [5.41, 5.74) is 25.6. The zero-order valence-electron chi connectivity index (χ0n) is 25.9. The molecule has 248 valence electrons. The number of hydrazone groups is 3. The van der Waals surface area contributed by atoms with Crippen LogP contribution in [0.2, 0.25) is 0 Å². The Morgan fingerprint density at radius 1 is 0.604 bits per heavy atom. The summed E-state index contributed by atoms with van der Waals surface area (Å²) in [5.74, 6) is -2.58. The molecule has 0 fully saturated rings. The maximum Gasteiger partial charge on any atom is 0.271 e. The lowest BCUT2D eigenvalue weighted by Crippen LogP contribution is -2.27. The van der Waals surface area contributed by atoms with Crippen molar-refractivity contribution >= 4 is 63.9 Å². The topological polar surface area (TPSA) is 324 Å². The van der Waals surface area contributed by atoms with E-state index in [0.717, 1.165) is 12.1 Å². The number of amides is 2. The summed E-state index contributed by atoms with van der Waals surface area (Å²) in [7, 11) is 0. The van der Waals surface area contributed by atoms with Crippen LogP contribution in [0.1, 0.15) is 58.2 Å². The van der Waals surface area contributed by atoms with E-state index in [4.69, 9.17) is 33.4 Å². The number of nitrogens with zero attached hydrogens (tertiary/aromatic N) is 4. The molecular weight excluding hydrogens is 622 g/mol. The van der Waals surface area contributed by atoms with Crippen LogP contribution in [0.3, 0.4) is 0 Å². The molecule has 19 heteroatoms. The molecule has 0 unspecified atom stereocenters. The number of rotatable bonds is 11. The Morgan fingerprint density at radius 3 is 1.38 bits per heavy atom. The van der Waals surface area contributed by atoms with Crippen molar-refractivity contribution in [3.8, 4) is 0 Å². The number of nitrogens with one attached hydrogen (secondary N) is 8. The zero-order valence-corrected chi connectivity index (χ0v) is 25.9. The number of hydrogen-bond donors (Lipinski definition) is 11. The van der Waals surface area contributed by atoms with Gasteiger partial charge in [-0.3, -0.25) is 35.9 Å². The van der Waals surface area contributed by atoms with E-state index in [-0.39, 0.29) is 22.8 Å². The highest BCUT2D eigenvalue weighted by molar-refractivity contribution is 6.11. The Balaban J connectivity index is 1.93. The van der Waals surface area contributed by atoms with Gasteiger partial charge in [0.25, 0.3) is 17.5 Å². The first-order valence-electron chi connectivity index (χ1n) is 13.7. The molecule has 0 radical (unpaired) electrons. The number of benzene rings is 3. The minimum absolute atomic E-state index is 0.146. The molecular formula is C29H33N15O4. The lowest BCUT2D eigenvalue weighted by atomic mass is 10.0. The Morgan fingerprint density at radius 2 is 0.979 bits per heavy atom. The first-order valence-corrected chi connectivity index (χ1v) is 13.7. The van der Waals surface area contributed by atoms with Gasteiger partial charge in [0.15, 0.2) is 0 Å². The van der Waals surface area contributed by atoms with Gasteiger partial charge in [-0.25, -0.2) is 16.3 Å². The smallest absolute Gasteiger partial charge is 0.271 e. The van der Waals surface area contributed by atoms with Gasteiger partial charge >= 0.3 is 0 Å². The molecule has 0 spiro atoms. The minimum Gasteiger partial charge on any atom is -0.369 e. The summed E-state index contributed by atoms with van der Waals surface area (Å²) in [6, 6.07) is 14.6. The third kappa shape index (κ3) is 10.2. The van der Waals surface area contributed by atoms with E-state index in [1.165, 1.54) is 6.07 Å². The average molecular weight is 656 g/mol. The third-order valence-corrected chi connectivity index (χ3v) is 6.27. The summed E-state index contributed by atoms with van der Waals surface area (Å²) in [4.78, 5) is 37.6. The fraction of sp³-hybridized carbons (Fsp3) is 0.103. The lowest BCUT2D eigenvalue weighted by Gasteiger charge is -2.12. The number of guanidine groups is 3. The van der Waals surface area contributed by atoms with Crippen molar-refractivity contribution in [1.29, 1.82) is 16.2 Å². The van der Waals surface area contributed by atoms with Crippen molar-refractivity contribution in [2.75, 3.05) is 10.6 Å². The van der Waals surface area contributed by atoms with Gasteiger partial charge in [0, 0.05) is 45.8 Å². The summed E-state index contributed by atoms with van der Waals surface area (Å²) in [6.07, 6.45) is 0. The highest BCUT2D eigenvalue weighted by Gasteiger charge is 2.19. The molecule has 0 aromatic heterocycles. The highest BCUT2D eigenvalue weighted by atomic mass is 16.6.